The van der Waals surface area contributed by atoms with Gasteiger partial charge in [0, 0.05) is 39.3 Å². The van der Waals surface area contributed by atoms with Crippen molar-refractivity contribution in [3.05, 3.63) is 35.6 Å². The molecule has 2 saturated heterocycles. The zero-order valence-electron chi connectivity index (χ0n) is 14.2. The van der Waals surface area contributed by atoms with Gasteiger partial charge in [0.25, 0.3) is 5.91 Å². The molecule has 2 heterocycles. The Hall–Kier alpha value is -1.99. The average Bonchev–Trinajstić information content (AvgIpc) is 3.14. The van der Waals surface area contributed by atoms with Crippen molar-refractivity contribution in [2.75, 3.05) is 45.9 Å². The Kier molecular flexibility index (Phi) is 5.99. The predicted molar refractivity (Wildman–Crippen MR) is 90.7 cm³/mol. The molecule has 0 bridgehead atoms. The maximum absolute atomic E-state index is 13.7. The van der Waals surface area contributed by atoms with E-state index in [2.05, 4.69) is 5.32 Å². The van der Waals surface area contributed by atoms with Gasteiger partial charge in [-0.05, 0) is 25.0 Å². The maximum atomic E-state index is 13.7. The fraction of sp³-hybridized carbons (Fsp3) is 0.556. The number of halogens is 1. The lowest BCUT2D eigenvalue weighted by atomic mass is 10.1. The number of nitrogens with one attached hydrogen (secondary N) is 1. The highest BCUT2D eigenvalue weighted by Crippen LogP contribution is 2.13. The van der Waals surface area contributed by atoms with Crippen LogP contribution < -0.4 is 5.32 Å². The monoisotopic (exact) mass is 349 g/mol. The van der Waals surface area contributed by atoms with Crippen molar-refractivity contribution < 1.29 is 18.7 Å². The van der Waals surface area contributed by atoms with Crippen molar-refractivity contribution in [2.45, 2.75) is 18.9 Å². The summed E-state index contributed by atoms with van der Waals surface area (Å²) >= 11 is 0. The standard InChI is InChI=1S/C18H24FN3O3/c19-16-6-2-1-5-15(16)18(24)22-9-7-21(8-10-22)13-17(23)20-12-14-4-3-11-25-14/h1-2,5-6,14H,3-4,7-13H2,(H,20,23)/t14-/m1/s1. The van der Waals surface area contributed by atoms with Crippen LogP contribution in [0.25, 0.3) is 0 Å². The number of carbonyl (C=O) groups excluding carboxylic acids is 2. The highest BCUT2D eigenvalue weighted by atomic mass is 19.1. The van der Waals surface area contributed by atoms with Crippen molar-refractivity contribution in [1.82, 2.24) is 15.1 Å². The summed E-state index contributed by atoms with van der Waals surface area (Å²) in [5.41, 5.74) is 0.102. The highest BCUT2D eigenvalue weighted by molar-refractivity contribution is 5.94. The molecule has 1 aromatic carbocycles. The zero-order valence-corrected chi connectivity index (χ0v) is 14.2. The summed E-state index contributed by atoms with van der Waals surface area (Å²) < 4.78 is 19.2. The summed E-state index contributed by atoms with van der Waals surface area (Å²) in [5, 5.41) is 2.90. The molecule has 2 amide bonds. The van der Waals surface area contributed by atoms with Gasteiger partial charge in [0.2, 0.25) is 5.91 Å². The fourth-order valence-electron chi connectivity index (χ4n) is 3.21. The van der Waals surface area contributed by atoms with Crippen molar-refractivity contribution in [3.8, 4) is 0 Å². The van der Waals surface area contributed by atoms with Crippen LogP contribution >= 0.6 is 0 Å². The molecule has 3 rings (SSSR count). The summed E-state index contributed by atoms with van der Waals surface area (Å²) in [7, 11) is 0. The van der Waals surface area contributed by atoms with E-state index in [-0.39, 0.29) is 23.5 Å². The molecule has 0 unspecified atom stereocenters. The van der Waals surface area contributed by atoms with Gasteiger partial charge in [0.15, 0.2) is 0 Å². The number of benzene rings is 1. The number of rotatable bonds is 5. The molecular weight excluding hydrogens is 325 g/mol. The number of ether oxygens (including phenoxy) is 1. The van der Waals surface area contributed by atoms with Crippen molar-refractivity contribution >= 4 is 11.8 Å². The molecule has 2 fully saturated rings. The van der Waals surface area contributed by atoms with E-state index in [1.807, 2.05) is 4.90 Å². The van der Waals surface area contributed by atoms with Crippen LogP contribution in [0, 0.1) is 5.82 Å². The zero-order chi connectivity index (χ0) is 17.6. The number of nitrogens with zero attached hydrogens (tertiary/aromatic N) is 2. The highest BCUT2D eigenvalue weighted by Gasteiger charge is 2.25. The molecular formula is C18H24FN3O3. The van der Waals surface area contributed by atoms with Gasteiger partial charge in [-0.25, -0.2) is 4.39 Å². The molecule has 6 nitrogen and oxygen atoms in total. The van der Waals surface area contributed by atoms with Crippen LogP contribution in [0.5, 0.6) is 0 Å². The van der Waals surface area contributed by atoms with Gasteiger partial charge >= 0.3 is 0 Å². The summed E-state index contributed by atoms with van der Waals surface area (Å²) in [5.74, 6) is -0.812. The molecule has 0 radical (unpaired) electrons. The lowest BCUT2D eigenvalue weighted by Gasteiger charge is -2.34. The summed E-state index contributed by atoms with van der Waals surface area (Å²) in [6.45, 7) is 3.84. The number of carbonyl (C=O) groups is 2. The van der Waals surface area contributed by atoms with E-state index in [1.165, 1.54) is 12.1 Å². The molecule has 136 valence electrons. The van der Waals surface area contributed by atoms with Gasteiger partial charge in [0.05, 0.1) is 18.2 Å². The van der Waals surface area contributed by atoms with Crippen LogP contribution in [0.2, 0.25) is 0 Å². The van der Waals surface area contributed by atoms with Crippen LogP contribution in [-0.2, 0) is 9.53 Å². The molecule has 1 aromatic rings. The van der Waals surface area contributed by atoms with E-state index < -0.39 is 5.82 Å². The first-order chi connectivity index (χ1) is 12.1. The van der Waals surface area contributed by atoms with Gasteiger partial charge in [-0.1, -0.05) is 12.1 Å². The Balaban J connectivity index is 1.41. The van der Waals surface area contributed by atoms with Crippen LogP contribution in [0.3, 0.4) is 0 Å². The Morgan fingerprint density at radius 3 is 2.64 bits per heavy atom. The Labute approximate surface area is 146 Å². The van der Waals surface area contributed by atoms with Crippen LogP contribution in [0.4, 0.5) is 4.39 Å². The topological polar surface area (TPSA) is 61.9 Å². The van der Waals surface area contributed by atoms with E-state index in [4.69, 9.17) is 4.74 Å². The van der Waals surface area contributed by atoms with Gasteiger partial charge in [-0.2, -0.15) is 0 Å². The van der Waals surface area contributed by atoms with Gasteiger partial charge in [-0.15, -0.1) is 0 Å². The Morgan fingerprint density at radius 1 is 1.20 bits per heavy atom. The second-order valence-corrected chi connectivity index (χ2v) is 6.49. The first kappa shape index (κ1) is 17.8. The first-order valence-electron chi connectivity index (χ1n) is 8.78. The van der Waals surface area contributed by atoms with Crippen LogP contribution in [-0.4, -0.2) is 73.6 Å². The lowest BCUT2D eigenvalue weighted by Crippen LogP contribution is -2.51. The second kappa shape index (κ2) is 8.40. The number of hydrogen-bond acceptors (Lipinski definition) is 4. The Bertz CT molecular complexity index is 611. The minimum absolute atomic E-state index is 0.0237. The third-order valence-electron chi connectivity index (χ3n) is 4.68. The van der Waals surface area contributed by atoms with Crippen LogP contribution in [0.15, 0.2) is 24.3 Å². The summed E-state index contributed by atoms with van der Waals surface area (Å²) in [6.07, 6.45) is 2.19. The van der Waals surface area contributed by atoms with Crippen LogP contribution in [0.1, 0.15) is 23.2 Å². The van der Waals surface area contributed by atoms with Gasteiger partial charge < -0.3 is 15.0 Å². The van der Waals surface area contributed by atoms with Gasteiger partial charge in [0.1, 0.15) is 5.82 Å². The number of amides is 2. The number of hydrogen-bond donors (Lipinski definition) is 1. The van der Waals surface area contributed by atoms with E-state index in [0.29, 0.717) is 39.3 Å². The molecule has 0 spiro atoms. The maximum Gasteiger partial charge on any atom is 0.256 e. The van der Waals surface area contributed by atoms with E-state index in [9.17, 15) is 14.0 Å². The third-order valence-corrected chi connectivity index (χ3v) is 4.68. The molecule has 0 aliphatic carbocycles. The van der Waals surface area contributed by atoms with E-state index >= 15 is 0 Å². The quantitative estimate of drug-likeness (QED) is 0.857. The average molecular weight is 349 g/mol. The van der Waals surface area contributed by atoms with Crippen molar-refractivity contribution in [2.24, 2.45) is 0 Å². The SMILES string of the molecule is O=C(CN1CCN(C(=O)c2ccccc2F)CC1)NC[C@H]1CCCO1. The molecule has 0 aromatic heterocycles. The molecule has 0 saturated carbocycles. The second-order valence-electron chi connectivity index (χ2n) is 6.49. The first-order valence-corrected chi connectivity index (χ1v) is 8.78. The molecule has 1 N–H and O–H groups in total. The largest absolute Gasteiger partial charge is 0.376 e. The van der Waals surface area contributed by atoms with E-state index in [1.54, 1.807) is 17.0 Å². The van der Waals surface area contributed by atoms with Crippen molar-refractivity contribution in [3.63, 3.8) is 0 Å². The lowest BCUT2D eigenvalue weighted by molar-refractivity contribution is -0.123. The summed E-state index contributed by atoms with van der Waals surface area (Å²) in [4.78, 5) is 28.0. The third kappa shape index (κ3) is 4.76. The molecule has 7 heteroatoms. The fourth-order valence-corrected chi connectivity index (χ4v) is 3.21. The van der Waals surface area contributed by atoms with Gasteiger partial charge in [-0.3, -0.25) is 14.5 Å². The molecule has 1 atom stereocenters. The summed E-state index contributed by atoms with van der Waals surface area (Å²) in [6, 6.07) is 6.02. The predicted octanol–water partition coefficient (Wildman–Crippen LogP) is 0.879. The normalized spacial score (nSPS) is 21.3. The molecule has 2 aliphatic rings. The smallest absolute Gasteiger partial charge is 0.256 e. The van der Waals surface area contributed by atoms with E-state index in [0.717, 1.165) is 19.4 Å². The number of piperazine rings is 1. The minimum atomic E-state index is -0.497. The Morgan fingerprint density at radius 2 is 1.96 bits per heavy atom. The van der Waals surface area contributed by atoms with Crippen molar-refractivity contribution in [1.29, 1.82) is 0 Å². The molecule has 2 aliphatic heterocycles. The molecule has 25 heavy (non-hydrogen) atoms. The minimum Gasteiger partial charge on any atom is -0.376 e.